The number of nitrogens with two attached hydrogens (primary N) is 1. The fourth-order valence-electron chi connectivity index (χ4n) is 3.25. The normalized spacial score (nSPS) is 25.7. The molecule has 2 saturated heterocycles. The zero-order valence-corrected chi connectivity index (χ0v) is 12.6. The average Bonchev–Trinajstić information content (AvgIpc) is 2.43. The van der Waals surface area contributed by atoms with Crippen molar-refractivity contribution in [1.29, 1.82) is 0 Å². The van der Waals surface area contributed by atoms with E-state index < -0.39 is 0 Å². The monoisotopic (exact) mass is 283 g/mol. The molecule has 1 amide bonds. The molecule has 108 valence electrons. The number of rotatable bonds is 4. The number of amides is 1. The summed E-state index contributed by atoms with van der Waals surface area (Å²) in [4.78, 5) is 17.4. The van der Waals surface area contributed by atoms with Crippen LogP contribution < -0.4 is 5.73 Å². The topological polar surface area (TPSA) is 49.6 Å². The molecule has 2 aliphatic heterocycles. The Morgan fingerprint density at radius 2 is 2.16 bits per heavy atom. The summed E-state index contributed by atoms with van der Waals surface area (Å²) in [6.45, 7) is 5.96. The first-order chi connectivity index (χ1) is 9.13. The van der Waals surface area contributed by atoms with Crippen molar-refractivity contribution in [1.82, 2.24) is 9.80 Å². The molecule has 2 unspecified atom stereocenters. The number of carbonyl (C=O) groups is 1. The van der Waals surface area contributed by atoms with E-state index in [4.69, 9.17) is 18.0 Å². The summed E-state index contributed by atoms with van der Waals surface area (Å²) < 4.78 is 0. The number of nitrogens with zero attached hydrogens (tertiary/aromatic N) is 2. The first kappa shape index (κ1) is 14.7. The van der Waals surface area contributed by atoms with E-state index in [2.05, 4.69) is 11.8 Å². The molecule has 0 saturated carbocycles. The van der Waals surface area contributed by atoms with Crippen LogP contribution in [0.1, 0.15) is 39.0 Å². The van der Waals surface area contributed by atoms with E-state index in [1.54, 1.807) is 0 Å². The van der Waals surface area contributed by atoms with Gasteiger partial charge in [-0.25, -0.2) is 0 Å². The summed E-state index contributed by atoms with van der Waals surface area (Å²) in [6, 6.07) is 0.556. The summed E-state index contributed by atoms with van der Waals surface area (Å²) in [5.41, 5.74) is 5.74. The fraction of sp³-hybridized carbons (Fsp3) is 0.857. The van der Waals surface area contributed by atoms with Crippen molar-refractivity contribution in [3.63, 3.8) is 0 Å². The van der Waals surface area contributed by atoms with E-state index in [1.165, 1.54) is 25.8 Å². The average molecular weight is 283 g/mol. The number of carbonyl (C=O) groups excluding carboxylic acids is 1. The maximum absolute atomic E-state index is 12.5. The van der Waals surface area contributed by atoms with Crippen LogP contribution in [0.4, 0.5) is 0 Å². The van der Waals surface area contributed by atoms with Gasteiger partial charge in [-0.15, -0.1) is 0 Å². The number of fused-ring (bicyclic) bond motifs is 1. The highest BCUT2D eigenvalue weighted by Crippen LogP contribution is 2.22. The van der Waals surface area contributed by atoms with Crippen LogP contribution in [0.3, 0.4) is 0 Å². The SMILES string of the molecule is CCCC(C(=O)N1CCN2CCCCC2C1)C(N)=S. The molecule has 0 spiro atoms. The maximum Gasteiger partial charge on any atom is 0.232 e. The van der Waals surface area contributed by atoms with Gasteiger partial charge in [0.2, 0.25) is 5.91 Å². The standard InChI is InChI=1S/C14H25N3OS/c1-2-5-12(13(15)19)14(18)17-9-8-16-7-4-3-6-11(16)10-17/h11-12H,2-10H2,1H3,(H2,15,19). The number of piperazine rings is 1. The van der Waals surface area contributed by atoms with Gasteiger partial charge in [-0.05, 0) is 25.8 Å². The lowest BCUT2D eigenvalue weighted by molar-refractivity contribution is -0.137. The van der Waals surface area contributed by atoms with Gasteiger partial charge in [0, 0.05) is 25.7 Å². The molecular weight excluding hydrogens is 258 g/mol. The van der Waals surface area contributed by atoms with Crippen LogP contribution in [-0.4, -0.2) is 52.9 Å². The van der Waals surface area contributed by atoms with Crippen molar-refractivity contribution in [2.45, 2.75) is 45.1 Å². The van der Waals surface area contributed by atoms with Crippen LogP contribution in [0, 0.1) is 5.92 Å². The minimum Gasteiger partial charge on any atom is -0.393 e. The summed E-state index contributed by atoms with van der Waals surface area (Å²) in [7, 11) is 0. The van der Waals surface area contributed by atoms with Crippen molar-refractivity contribution in [3.05, 3.63) is 0 Å². The van der Waals surface area contributed by atoms with Gasteiger partial charge in [0.1, 0.15) is 0 Å². The van der Waals surface area contributed by atoms with Crippen molar-refractivity contribution in [3.8, 4) is 0 Å². The number of thiocarbonyl (C=S) groups is 1. The van der Waals surface area contributed by atoms with Gasteiger partial charge < -0.3 is 10.6 Å². The molecule has 0 bridgehead atoms. The lowest BCUT2D eigenvalue weighted by Gasteiger charge is -2.44. The minimum atomic E-state index is -0.254. The van der Waals surface area contributed by atoms with Crippen molar-refractivity contribution < 1.29 is 4.79 Å². The quantitative estimate of drug-likeness (QED) is 0.792. The molecule has 2 N–H and O–H groups in total. The molecule has 2 aliphatic rings. The van der Waals surface area contributed by atoms with Gasteiger partial charge >= 0.3 is 0 Å². The van der Waals surface area contributed by atoms with E-state index in [9.17, 15) is 4.79 Å². The molecule has 0 aromatic rings. The zero-order chi connectivity index (χ0) is 13.8. The van der Waals surface area contributed by atoms with Crippen molar-refractivity contribution in [2.75, 3.05) is 26.2 Å². The molecule has 2 atom stereocenters. The Balaban J connectivity index is 1.97. The Kier molecular flexibility index (Phi) is 5.16. The van der Waals surface area contributed by atoms with E-state index in [0.717, 1.165) is 32.5 Å². The second-order valence-electron chi connectivity index (χ2n) is 5.71. The summed E-state index contributed by atoms with van der Waals surface area (Å²) in [5.74, 6) is -0.102. The third-order valence-corrected chi connectivity index (χ3v) is 4.65. The molecule has 0 aliphatic carbocycles. The largest absolute Gasteiger partial charge is 0.393 e. The van der Waals surface area contributed by atoms with E-state index in [-0.39, 0.29) is 11.8 Å². The molecule has 2 heterocycles. The van der Waals surface area contributed by atoms with Crippen molar-refractivity contribution >= 4 is 23.1 Å². The molecule has 4 nitrogen and oxygen atoms in total. The minimum absolute atomic E-state index is 0.152. The van der Waals surface area contributed by atoms with Gasteiger partial charge in [0.25, 0.3) is 0 Å². The van der Waals surface area contributed by atoms with Gasteiger partial charge in [0.05, 0.1) is 10.9 Å². The van der Waals surface area contributed by atoms with Gasteiger partial charge in [0.15, 0.2) is 0 Å². The number of piperidine rings is 1. The summed E-state index contributed by atoms with van der Waals surface area (Å²) in [5, 5.41) is 0. The first-order valence-corrected chi connectivity index (χ1v) is 7.86. The molecule has 0 aromatic carbocycles. The van der Waals surface area contributed by atoms with Crippen LogP contribution in [0.2, 0.25) is 0 Å². The Hall–Kier alpha value is -0.680. The zero-order valence-electron chi connectivity index (χ0n) is 11.8. The summed E-state index contributed by atoms with van der Waals surface area (Å²) in [6.07, 6.45) is 5.53. The molecule has 2 fully saturated rings. The number of hydrogen-bond donors (Lipinski definition) is 1. The van der Waals surface area contributed by atoms with Crippen LogP contribution in [-0.2, 0) is 4.79 Å². The molecule has 0 radical (unpaired) electrons. The molecule has 2 rings (SSSR count). The lowest BCUT2D eigenvalue weighted by Crippen LogP contribution is -2.57. The Labute approximate surface area is 121 Å². The second-order valence-corrected chi connectivity index (χ2v) is 6.18. The van der Waals surface area contributed by atoms with Gasteiger partial charge in [-0.1, -0.05) is 32.0 Å². The molecule has 19 heavy (non-hydrogen) atoms. The molecule has 0 aromatic heterocycles. The van der Waals surface area contributed by atoms with E-state index in [1.807, 2.05) is 4.90 Å². The summed E-state index contributed by atoms with van der Waals surface area (Å²) >= 11 is 5.06. The van der Waals surface area contributed by atoms with Crippen LogP contribution in [0.5, 0.6) is 0 Å². The highest BCUT2D eigenvalue weighted by Gasteiger charge is 2.34. The Morgan fingerprint density at radius 3 is 2.84 bits per heavy atom. The van der Waals surface area contributed by atoms with Crippen LogP contribution in [0.15, 0.2) is 0 Å². The van der Waals surface area contributed by atoms with Crippen LogP contribution >= 0.6 is 12.2 Å². The second kappa shape index (κ2) is 6.66. The highest BCUT2D eigenvalue weighted by atomic mass is 32.1. The third kappa shape index (κ3) is 3.45. The predicted molar refractivity (Wildman–Crippen MR) is 81.0 cm³/mol. The van der Waals surface area contributed by atoms with Gasteiger partial charge in [-0.3, -0.25) is 9.69 Å². The highest BCUT2D eigenvalue weighted by molar-refractivity contribution is 7.80. The molecular formula is C14H25N3OS. The molecule has 5 heteroatoms. The Bertz CT molecular complexity index is 348. The first-order valence-electron chi connectivity index (χ1n) is 7.45. The van der Waals surface area contributed by atoms with Gasteiger partial charge in [-0.2, -0.15) is 0 Å². The predicted octanol–water partition coefficient (Wildman–Crippen LogP) is 1.39. The number of hydrogen-bond acceptors (Lipinski definition) is 3. The smallest absolute Gasteiger partial charge is 0.232 e. The van der Waals surface area contributed by atoms with E-state index >= 15 is 0 Å². The third-order valence-electron chi connectivity index (χ3n) is 4.37. The lowest BCUT2D eigenvalue weighted by atomic mass is 9.97. The maximum atomic E-state index is 12.5. The van der Waals surface area contributed by atoms with E-state index in [0.29, 0.717) is 11.0 Å². The van der Waals surface area contributed by atoms with Crippen LogP contribution in [0.25, 0.3) is 0 Å². The Morgan fingerprint density at radius 1 is 1.37 bits per heavy atom. The van der Waals surface area contributed by atoms with Crippen molar-refractivity contribution in [2.24, 2.45) is 11.7 Å². The fourth-order valence-corrected chi connectivity index (χ4v) is 3.47.